The van der Waals surface area contributed by atoms with Crippen LogP contribution in [0.5, 0.6) is 11.5 Å². The molecule has 0 saturated heterocycles. The van der Waals surface area contributed by atoms with Crippen LogP contribution in [-0.2, 0) is 0 Å². The standard InChI is InChI=1S/C31H25ClN2O.C12H11N.C7H5Br2ClO/c1-35-28-22-29(33(24-14-6-2-7-15-24)25-16-8-3-9-17-25)31(32)30(23-28)34(26-18-10-4-11-19-26)27-20-12-5-13-21-27;1-3-7-11(8-4-1)13-12-9-5-2-6-10-12;1-11-4-2-5(8)7(10)6(9)3-4/h2-23H,1H3;1-10,13H;2-3H,1H3. The van der Waals surface area contributed by atoms with E-state index >= 15 is 0 Å². The number of halogens is 4. The van der Waals surface area contributed by atoms with E-state index in [9.17, 15) is 0 Å². The molecule has 0 aromatic heterocycles. The molecule has 0 bridgehead atoms. The molecule has 0 atom stereocenters. The van der Waals surface area contributed by atoms with Crippen LogP contribution in [0.2, 0.25) is 10.0 Å². The highest BCUT2D eigenvalue weighted by molar-refractivity contribution is 9.11. The summed E-state index contributed by atoms with van der Waals surface area (Å²) in [7, 11) is 3.30. The van der Waals surface area contributed by atoms with Crippen molar-refractivity contribution in [1.82, 2.24) is 0 Å². The highest BCUT2D eigenvalue weighted by atomic mass is 79.9. The van der Waals surface area contributed by atoms with E-state index in [1.807, 2.05) is 158 Å². The summed E-state index contributed by atoms with van der Waals surface area (Å²) in [5.74, 6) is 1.49. The van der Waals surface area contributed by atoms with Gasteiger partial charge in [0.2, 0.25) is 0 Å². The lowest BCUT2D eigenvalue weighted by Gasteiger charge is -2.31. The first kappa shape index (κ1) is 42.9. The van der Waals surface area contributed by atoms with Crippen molar-refractivity contribution < 1.29 is 9.47 Å². The molecule has 0 unspecified atom stereocenters. The van der Waals surface area contributed by atoms with Gasteiger partial charge in [-0.25, -0.2) is 0 Å². The second-order valence-electron chi connectivity index (χ2n) is 12.8. The van der Waals surface area contributed by atoms with Gasteiger partial charge >= 0.3 is 0 Å². The molecule has 8 aromatic carbocycles. The molecule has 5 nitrogen and oxygen atoms in total. The van der Waals surface area contributed by atoms with Crippen LogP contribution in [0.1, 0.15) is 0 Å². The monoisotopic (exact) mass is 943 g/mol. The zero-order valence-corrected chi connectivity index (χ0v) is 37.0. The van der Waals surface area contributed by atoms with E-state index < -0.39 is 0 Å². The maximum Gasteiger partial charge on any atom is 0.123 e. The van der Waals surface area contributed by atoms with Crippen molar-refractivity contribution in [3.05, 3.63) is 225 Å². The van der Waals surface area contributed by atoms with Gasteiger partial charge in [0.1, 0.15) is 11.5 Å². The maximum absolute atomic E-state index is 7.29. The second kappa shape index (κ2) is 21.9. The molecule has 59 heavy (non-hydrogen) atoms. The van der Waals surface area contributed by atoms with Gasteiger partial charge < -0.3 is 24.6 Å². The van der Waals surface area contributed by atoms with Gasteiger partial charge in [0.15, 0.2) is 0 Å². The summed E-state index contributed by atoms with van der Waals surface area (Å²) in [4.78, 5) is 4.31. The number of para-hydroxylation sites is 6. The smallest absolute Gasteiger partial charge is 0.123 e. The number of anilines is 8. The molecule has 0 amide bonds. The molecule has 0 aliphatic heterocycles. The number of nitrogens with one attached hydrogen (secondary N) is 1. The fraction of sp³-hybridized carbons (Fsp3) is 0.0400. The highest BCUT2D eigenvalue weighted by Crippen LogP contribution is 2.48. The zero-order valence-electron chi connectivity index (χ0n) is 32.4. The van der Waals surface area contributed by atoms with E-state index in [2.05, 4.69) is 95.5 Å². The normalized spacial score (nSPS) is 10.2. The zero-order chi connectivity index (χ0) is 41.4. The first-order valence-electron chi connectivity index (χ1n) is 18.6. The van der Waals surface area contributed by atoms with Gasteiger partial charge in [-0.05, 0) is 117 Å². The largest absolute Gasteiger partial charge is 0.497 e. The van der Waals surface area contributed by atoms with Crippen LogP contribution in [-0.4, -0.2) is 14.2 Å². The van der Waals surface area contributed by atoms with Crippen molar-refractivity contribution >= 4 is 101 Å². The van der Waals surface area contributed by atoms with Crippen molar-refractivity contribution in [1.29, 1.82) is 0 Å². The number of benzene rings is 8. The summed E-state index contributed by atoms with van der Waals surface area (Å²) in [5.41, 5.74) is 7.92. The Kier molecular flexibility index (Phi) is 15.9. The van der Waals surface area contributed by atoms with E-state index in [1.165, 1.54) is 0 Å². The molecule has 296 valence electrons. The lowest BCUT2D eigenvalue weighted by molar-refractivity contribution is 0.414. The summed E-state index contributed by atoms with van der Waals surface area (Å²) in [6.45, 7) is 0. The lowest BCUT2D eigenvalue weighted by Crippen LogP contribution is -2.14. The van der Waals surface area contributed by atoms with E-state index in [-0.39, 0.29) is 0 Å². The number of rotatable bonds is 10. The van der Waals surface area contributed by atoms with Gasteiger partial charge in [-0.2, -0.15) is 0 Å². The molecule has 1 N–H and O–H groups in total. The summed E-state index contributed by atoms with van der Waals surface area (Å²) >= 11 is 19.7. The molecule has 9 heteroatoms. The van der Waals surface area contributed by atoms with Crippen LogP contribution in [0.3, 0.4) is 0 Å². The summed E-state index contributed by atoms with van der Waals surface area (Å²) < 4.78 is 12.4. The molecule has 0 heterocycles. The van der Waals surface area contributed by atoms with Crippen LogP contribution in [0, 0.1) is 0 Å². The first-order chi connectivity index (χ1) is 28.9. The van der Waals surface area contributed by atoms with Gasteiger partial charge in [0.25, 0.3) is 0 Å². The van der Waals surface area contributed by atoms with Crippen molar-refractivity contribution in [3.63, 3.8) is 0 Å². The van der Waals surface area contributed by atoms with Gasteiger partial charge in [-0.15, -0.1) is 0 Å². The molecule has 0 saturated carbocycles. The maximum atomic E-state index is 7.29. The van der Waals surface area contributed by atoms with Crippen LogP contribution < -0.4 is 24.6 Å². The number of methoxy groups -OCH3 is 2. The Labute approximate surface area is 373 Å². The Bertz CT molecular complexity index is 2240. The Morgan fingerprint density at radius 3 is 0.949 bits per heavy atom. The Hall–Kier alpha value is -5.70. The predicted octanol–water partition coefficient (Wildman–Crippen LogP) is 16.6. The van der Waals surface area contributed by atoms with Gasteiger partial charge in [0.05, 0.1) is 35.6 Å². The molecular weight excluding hydrogens is 905 g/mol. The molecule has 0 aliphatic rings. The van der Waals surface area contributed by atoms with E-state index in [4.69, 9.17) is 32.7 Å². The van der Waals surface area contributed by atoms with Crippen LogP contribution in [0.15, 0.2) is 215 Å². The summed E-state index contributed by atoms with van der Waals surface area (Å²) in [6, 6.07) is 68.8. The number of nitrogens with zero attached hydrogens (tertiary/aromatic N) is 2. The van der Waals surface area contributed by atoms with E-state index in [1.54, 1.807) is 14.2 Å². The summed E-state index contributed by atoms with van der Waals surface area (Å²) in [5, 5.41) is 4.58. The number of ether oxygens (including phenoxy) is 2. The third-order valence-corrected chi connectivity index (χ3v) is 11.3. The number of hydrogen-bond donors (Lipinski definition) is 1. The molecule has 8 aromatic rings. The Balaban J connectivity index is 0.000000197. The number of hydrogen-bond acceptors (Lipinski definition) is 5. The van der Waals surface area contributed by atoms with Gasteiger partial charge in [-0.1, -0.05) is 132 Å². The van der Waals surface area contributed by atoms with Crippen molar-refractivity contribution in [2.24, 2.45) is 0 Å². The molecule has 0 radical (unpaired) electrons. The minimum atomic E-state index is 0.617. The molecule has 0 fully saturated rings. The van der Waals surface area contributed by atoms with Gasteiger partial charge in [0, 0.05) is 55.2 Å². The van der Waals surface area contributed by atoms with Crippen molar-refractivity contribution in [2.45, 2.75) is 0 Å². The third kappa shape index (κ3) is 11.7. The SMILES string of the molecule is COc1cc(Br)c(Cl)c(Br)c1.COc1cc(N(c2ccccc2)c2ccccc2)c(Cl)c(N(c2ccccc2)c2ccccc2)c1.c1ccc(Nc2ccccc2)cc1. The minimum absolute atomic E-state index is 0.617. The average Bonchev–Trinajstić information content (AvgIpc) is 3.29. The fourth-order valence-electron chi connectivity index (χ4n) is 6.03. The van der Waals surface area contributed by atoms with E-state index in [0.717, 1.165) is 60.2 Å². The third-order valence-electron chi connectivity index (χ3n) is 8.81. The quantitative estimate of drug-likeness (QED) is 0.138. The minimum Gasteiger partial charge on any atom is -0.497 e. The van der Waals surface area contributed by atoms with Gasteiger partial charge in [-0.3, -0.25) is 0 Å². The van der Waals surface area contributed by atoms with E-state index in [0.29, 0.717) is 15.8 Å². The summed E-state index contributed by atoms with van der Waals surface area (Å²) in [6.07, 6.45) is 0. The second-order valence-corrected chi connectivity index (χ2v) is 15.2. The van der Waals surface area contributed by atoms with Crippen LogP contribution >= 0.6 is 55.1 Å². The molecule has 0 spiro atoms. The molecule has 0 aliphatic carbocycles. The molecule has 8 rings (SSSR count). The van der Waals surface area contributed by atoms with Crippen molar-refractivity contribution in [2.75, 3.05) is 29.3 Å². The Morgan fingerprint density at radius 1 is 0.390 bits per heavy atom. The lowest BCUT2D eigenvalue weighted by atomic mass is 10.1. The molecular formula is C50H41Br2Cl2N3O2. The topological polar surface area (TPSA) is 37.0 Å². The first-order valence-corrected chi connectivity index (χ1v) is 20.9. The average molecular weight is 947 g/mol. The van der Waals surface area contributed by atoms with Crippen LogP contribution in [0.4, 0.5) is 45.5 Å². The fourth-order valence-corrected chi connectivity index (χ4v) is 7.57. The highest BCUT2D eigenvalue weighted by Gasteiger charge is 2.23. The van der Waals surface area contributed by atoms with Crippen LogP contribution in [0.25, 0.3) is 0 Å². The Morgan fingerprint density at radius 2 is 0.661 bits per heavy atom. The predicted molar refractivity (Wildman–Crippen MR) is 257 cm³/mol. The van der Waals surface area contributed by atoms with Crippen molar-refractivity contribution in [3.8, 4) is 11.5 Å².